The molecule has 0 spiro atoms. The van der Waals surface area contributed by atoms with Crippen LogP contribution in [0.3, 0.4) is 0 Å². The number of nitrogens with one attached hydrogen (secondary N) is 2. The number of rotatable bonds is 7. The predicted octanol–water partition coefficient (Wildman–Crippen LogP) is 3.23. The number of pyridine rings is 1. The summed E-state index contributed by atoms with van der Waals surface area (Å²) in [5, 5.41) is 9.02. The first-order valence-electron chi connectivity index (χ1n) is 11.1. The van der Waals surface area contributed by atoms with Gasteiger partial charge in [0.2, 0.25) is 0 Å². The maximum Gasteiger partial charge on any atom is 0.281 e. The van der Waals surface area contributed by atoms with Crippen molar-refractivity contribution in [3.8, 4) is 11.4 Å². The number of carbonyl (C=O) groups is 1. The zero-order valence-corrected chi connectivity index (χ0v) is 19.3. The van der Waals surface area contributed by atoms with E-state index in [0.29, 0.717) is 23.8 Å². The quantitative estimate of drug-likeness (QED) is 0.401. The van der Waals surface area contributed by atoms with E-state index in [2.05, 4.69) is 47.2 Å². The average molecular weight is 466 g/mol. The van der Waals surface area contributed by atoms with Gasteiger partial charge in [0.1, 0.15) is 0 Å². The summed E-state index contributed by atoms with van der Waals surface area (Å²) < 4.78 is 0. The van der Waals surface area contributed by atoms with E-state index in [0.717, 1.165) is 28.1 Å². The molecule has 0 aromatic carbocycles. The fraction of sp³-hybridized carbons (Fsp3) is 0.160. The molecule has 4 aromatic rings. The molecule has 0 fully saturated rings. The summed E-state index contributed by atoms with van der Waals surface area (Å²) in [6.45, 7) is 4.78. The zero-order valence-electron chi connectivity index (χ0n) is 19.3. The van der Waals surface area contributed by atoms with Crippen molar-refractivity contribution in [2.45, 2.75) is 26.4 Å². The molecular weight excluding hydrogens is 442 g/mol. The Bertz CT molecular complexity index is 1380. The number of nitrogens with zero attached hydrogens (tertiary/aromatic N) is 7. The molecule has 1 atom stereocenters. The molecule has 0 saturated carbocycles. The lowest BCUT2D eigenvalue weighted by molar-refractivity contribution is -0.114. The van der Waals surface area contributed by atoms with Crippen LogP contribution in [0.4, 0.5) is 5.82 Å². The summed E-state index contributed by atoms with van der Waals surface area (Å²) >= 11 is 0. The first kappa shape index (κ1) is 22.2. The van der Waals surface area contributed by atoms with Crippen LogP contribution < -0.4 is 10.3 Å². The maximum atomic E-state index is 13.0. The van der Waals surface area contributed by atoms with E-state index in [4.69, 9.17) is 0 Å². The maximum absolute atomic E-state index is 13.0. The van der Waals surface area contributed by atoms with Crippen molar-refractivity contribution in [2.75, 3.05) is 5.01 Å². The second-order valence-electron chi connectivity index (χ2n) is 8.01. The van der Waals surface area contributed by atoms with E-state index < -0.39 is 0 Å². The van der Waals surface area contributed by atoms with E-state index in [9.17, 15) is 4.79 Å². The number of hydrogen-bond acceptors (Lipinski definition) is 8. The normalized spacial score (nSPS) is 15.2. The molecule has 0 aliphatic carbocycles. The van der Waals surface area contributed by atoms with Crippen LogP contribution >= 0.6 is 0 Å². The molecule has 10 heteroatoms. The highest BCUT2D eigenvalue weighted by Crippen LogP contribution is 2.34. The molecule has 5 heterocycles. The van der Waals surface area contributed by atoms with Gasteiger partial charge in [0.25, 0.3) is 5.91 Å². The number of amides is 1. The van der Waals surface area contributed by atoms with Crippen LogP contribution in [0.25, 0.3) is 17.5 Å². The van der Waals surface area contributed by atoms with Gasteiger partial charge < -0.3 is 10.3 Å². The number of aryl methyl sites for hydroxylation is 1. The zero-order chi connectivity index (χ0) is 24.2. The molecular formula is C25H23N9O. The van der Waals surface area contributed by atoms with E-state index in [1.54, 1.807) is 43.1 Å². The minimum absolute atomic E-state index is 0.0191. The van der Waals surface area contributed by atoms with Crippen LogP contribution in [0, 0.1) is 6.92 Å². The Morgan fingerprint density at radius 1 is 1.06 bits per heavy atom. The smallest absolute Gasteiger partial charge is 0.281 e. The molecule has 1 unspecified atom stereocenters. The van der Waals surface area contributed by atoms with E-state index in [-0.39, 0.29) is 11.9 Å². The Morgan fingerprint density at radius 2 is 1.86 bits per heavy atom. The number of hydrogen-bond donors (Lipinski definition) is 2. The van der Waals surface area contributed by atoms with Crippen LogP contribution in [0.2, 0.25) is 0 Å². The summed E-state index contributed by atoms with van der Waals surface area (Å²) in [4.78, 5) is 37.7. The molecule has 1 aliphatic heterocycles. The van der Waals surface area contributed by atoms with E-state index in [1.807, 2.05) is 19.1 Å². The van der Waals surface area contributed by atoms with Crippen molar-refractivity contribution in [3.63, 3.8) is 0 Å². The molecule has 5 rings (SSSR count). The van der Waals surface area contributed by atoms with Crippen molar-refractivity contribution in [3.05, 3.63) is 89.7 Å². The van der Waals surface area contributed by atoms with E-state index >= 15 is 0 Å². The lowest BCUT2D eigenvalue weighted by Crippen LogP contribution is -2.22. The Kier molecular flexibility index (Phi) is 6.18. The van der Waals surface area contributed by atoms with Crippen molar-refractivity contribution >= 4 is 24.0 Å². The third-order valence-electron chi connectivity index (χ3n) is 5.67. The molecule has 1 aliphatic rings. The van der Waals surface area contributed by atoms with Gasteiger partial charge in [-0.05, 0) is 43.7 Å². The third-order valence-corrected chi connectivity index (χ3v) is 5.67. The Labute approximate surface area is 201 Å². The molecule has 35 heavy (non-hydrogen) atoms. The molecule has 4 aromatic heterocycles. The summed E-state index contributed by atoms with van der Waals surface area (Å²) in [5.41, 5.74) is 5.11. The van der Waals surface area contributed by atoms with Crippen LogP contribution in [-0.2, 0) is 11.3 Å². The highest BCUT2D eigenvalue weighted by Gasteiger charge is 2.27. The van der Waals surface area contributed by atoms with Crippen LogP contribution in [-0.4, -0.2) is 42.0 Å². The highest BCUT2D eigenvalue weighted by atomic mass is 16.2. The van der Waals surface area contributed by atoms with Crippen molar-refractivity contribution in [1.29, 1.82) is 0 Å². The molecule has 0 bridgehead atoms. The second kappa shape index (κ2) is 9.74. The Hall–Kier alpha value is -4.57. The first-order chi connectivity index (χ1) is 17.1. The molecule has 1 amide bonds. The fourth-order valence-electron chi connectivity index (χ4n) is 4.02. The van der Waals surface area contributed by atoms with Crippen molar-refractivity contribution in [1.82, 2.24) is 35.2 Å². The minimum Gasteiger partial charge on any atom is -0.358 e. The van der Waals surface area contributed by atoms with Gasteiger partial charge >= 0.3 is 0 Å². The van der Waals surface area contributed by atoms with Crippen molar-refractivity contribution in [2.24, 2.45) is 5.10 Å². The number of anilines is 1. The van der Waals surface area contributed by atoms with Gasteiger partial charge in [-0.1, -0.05) is 0 Å². The van der Waals surface area contributed by atoms with Gasteiger partial charge in [-0.2, -0.15) is 10.1 Å². The predicted molar refractivity (Wildman–Crippen MR) is 132 cm³/mol. The largest absolute Gasteiger partial charge is 0.358 e. The van der Waals surface area contributed by atoms with Crippen molar-refractivity contribution < 1.29 is 4.79 Å². The van der Waals surface area contributed by atoms with Gasteiger partial charge in [-0.3, -0.25) is 14.8 Å². The topological polar surface area (TPSA) is 125 Å². The monoisotopic (exact) mass is 465 g/mol. The van der Waals surface area contributed by atoms with Gasteiger partial charge in [0, 0.05) is 66.6 Å². The molecule has 10 nitrogen and oxygen atoms in total. The number of aromatic nitrogens is 6. The molecule has 174 valence electrons. The highest BCUT2D eigenvalue weighted by molar-refractivity contribution is 6.25. The minimum atomic E-state index is -0.289. The third kappa shape index (κ3) is 4.59. The SMILES string of the molecule is Cc1[nH]c(/C=C2\C=NN(c3cnccn3)C2=O)c(-c2ncccn2)c1C(C)NCc1ccncc1. The number of hydrazone groups is 1. The Morgan fingerprint density at radius 3 is 2.60 bits per heavy atom. The molecule has 0 saturated heterocycles. The van der Waals surface area contributed by atoms with Gasteiger partial charge in [-0.25, -0.2) is 15.0 Å². The standard InChI is InChI=1S/C25H23N9O/c1-16(31-13-18-4-8-26-9-5-18)22-17(2)33-20(23(22)24-29-6-3-7-30-24)12-19-14-32-34(25(19)35)21-15-27-10-11-28-21/h3-12,14-16,31,33H,13H2,1-2H3/b19-12+. The lowest BCUT2D eigenvalue weighted by atomic mass is 10.00. The molecule has 0 radical (unpaired) electrons. The summed E-state index contributed by atoms with van der Waals surface area (Å²) in [6, 6.07) is 5.72. The number of aromatic amines is 1. The average Bonchev–Trinajstić information content (AvgIpc) is 3.43. The summed E-state index contributed by atoms with van der Waals surface area (Å²) in [7, 11) is 0. The van der Waals surface area contributed by atoms with E-state index in [1.165, 1.54) is 23.6 Å². The van der Waals surface area contributed by atoms with Gasteiger partial charge in [0.15, 0.2) is 11.6 Å². The summed E-state index contributed by atoms with van der Waals surface area (Å²) in [5.74, 6) is 0.647. The first-order valence-corrected chi connectivity index (χ1v) is 11.1. The molecule has 2 N–H and O–H groups in total. The Balaban J connectivity index is 1.50. The number of carbonyl (C=O) groups excluding carboxylic acids is 1. The summed E-state index contributed by atoms with van der Waals surface area (Å²) in [6.07, 6.45) is 14.8. The van der Waals surface area contributed by atoms with Gasteiger partial charge in [0.05, 0.1) is 23.7 Å². The van der Waals surface area contributed by atoms with Crippen LogP contribution in [0.1, 0.15) is 35.5 Å². The van der Waals surface area contributed by atoms with Gasteiger partial charge in [-0.15, -0.1) is 0 Å². The fourth-order valence-corrected chi connectivity index (χ4v) is 4.02. The number of H-pyrrole nitrogens is 1. The lowest BCUT2D eigenvalue weighted by Gasteiger charge is -2.16. The van der Waals surface area contributed by atoms with Crippen LogP contribution in [0.15, 0.2) is 72.3 Å². The van der Waals surface area contributed by atoms with Crippen LogP contribution in [0.5, 0.6) is 0 Å². The second-order valence-corrected chi connectivity index (χ2v) is 8.01.